The Morgan fingerprint density at radius 3 is 2.43 bits per heavy atom. The van der Waals surface area contributed by atoms with Gasteiger partial charge >= 0.3 is 0 Å². The lowest BCUT2D eigenvalue weighted by molar-refractivity contribution is 0.141. The van der Waals surface area contributed by atoms with E-state index >= 15 is 0 Å². The molecule has 78 valence electrons. The van der Waals surface area contributed by atoms with Crippen LogP contribution in [0.25, 0.3) is 0 Å². The molecule has 0 aliphatic rings. The largest absolute Gasteiger partial charge is 0.496 e. The summed E-state index contributed by atoms with van der Waals surface area (Å²) in [6, 6.07) is 1.44. The lowest BCUT2D eigenvalue weighted by Crippen LogP contribution is -2.01. The van der Waals surface area contributed by atoms with Crippen LogP contribution in [0.2, 0.25) is 0 Å². The van der Waals surface area contributed by atoms with Crippen molar-refractivity contribution in [3.8, 4) is 11.6 Å². The first kappa shape index (κ1) is 11.4. The first-order valence-electron chi connectivity index (χ1n) is 3.66. The molecular weight excluding hydrogens is 307 g/mol. The summed E-state index contributed by atoms with van der Waals surface area (Å²) in [7, 11) is 2.63. The van der Waals surface area contributed by atoms with Gasteiger partial charge in [0.05, 0.1) is 14.2 Å². The van der Waals surface area contributed by atoms with Crippen molar-refractivity contribution in [3.05, 3.63) is 15.3 Å². The maximum absolute atomic E-state index is 12.6. The van der Waals surface area contributed by atoms with Crippen LogP contribution < -0.4 is 9.47 Å². The van der Waals surface area contributed by atoms with Gasteiger partial charge in [0.2, 0.25) is 5.88 Å². The van der Waals surface area contributed by atoms with E-state index in [1.54, 1.807) is 0 Å². The SMILES string of the molecule is COc1cc(I)nc(OC)c1C(F)F. The number of hydrogen-bond acceptors (Lipinski definition) is 3. The highest BCUT2D eigenvalue weighted by atomic mass is 127. The van der Waals surface area contributed by atoms with Gasteiger partial charge in [-0.05, 0) is 22.6 Å². The number of nitrogens with zero attached hydrogens (tertiary/aromatic N) is 1. The highest BCUT2D eigenvalue weighted by Crippen LogP contribution is 2.36. The molecule has 1 rings (SSSR count). The van der Waals surface area contributed by atoms with Gasteiger partial charge < -0.3 is 9.47 Å². The van der Waals surface area contributed by atoms with Gasteiger partial charge in [0.1, 0.15) is 15.0 Å². The van der Waals surface area contributed by atoms with E-state index in [1.807, 2.05) is 22.6 Å². The molecule has 14 heavy (non-hydrogen) atoms. The zero-order valence-corrected chi connectivity index (χ0v) is 9.71. The summed E-state index contributed by atoms with van der Waals surface area (Å²) in [5.74, 6) is 0.000000000000000444. The van der Waals surface area contributed by atoms with Crippen molar-refractivity contribution in [2.45, 2.75) is 6.43 Å². The van der Waals surface area contributed by atoms with Crippen LogP contribution in [-0.4, -0.2) is 19.2 Å². The van der Waals surface area contributed by atoms with Gasteiger partial charge in [-0.15, -0.1) is 0 Å². The molecule has 0 unspecified atom stereocenters. The minimum absolute atomic E-state index is 0.0937. The molecule has 0 spiro atoms. The van der Waals surface area contributed by atoms with Gasteiger partial charge in [-0.25, -0.2) is 13.8 Å². The molecule has 0 bridgehead atoms. The van der Waals surface area contributed by atoms with E-state index < -0.39 is 6.43 Å². The van der Waals surface area contributed by atoms with Gasteiger partial charge in [-0.1, -0.05) is 0 Å². The maximum atomic E-state index is 12.6. The molecule has 1 aromatic rings. The van der Waals surface area contributed by atoms with Crippen molar-refractivity contribution >= 4 is 22.6 Å². The Morgan fingerprint density at radius 2 is 2.00 bits per heavy atom. The van der Waals surface area contributed by atoms with Gasteiger partial charge in [0.25, 0.3) is 6.43 Å². The van der Waals surface area contributed by atoms with E-state index in [9.17, 15) is 8.78 Å². The lowest BCUT2D eigenvalue weighted by atomic mass is 10.2. The Bertz CT molecular complexity index is 308. The zero-order chi connectivity index (χ0) is 10.7. The Balaban J connectivity index is 3.33. The van der Waals surface area contributed by atoms with E-state index in [2.05, 4.69) is 4.98 Å². The van der Waals surface area contributed by atoms with Crippen molar-refractivity contribution in [1.82, 2.24) is 4.98 Å². The third-order valence-corrected chi connectivity index (χ3v) is 2.14. The fourth-order valence-corrected chi connectivity index (χ4v) is 1.51. The molecule has 0 fully saturated rings. The Kier molecular flexibility index (Phi) is 3.85. The number of aromatic nitrogens is 1. The fourth-order valence-electron chi connectivity index (χ4n) is 1.01. The molecule has 6 heteroatoms. The van der Waals surface area contributed by atoms with Crippen molar-refractivity contribution in [3.63, 3.8) is 0 Å². The molecule has 3 nitrogen and oxygen atoms in total. The second-order valence-corrected chi connectivity index (χ2v) is 3.48. The molecule has 0 atom stereocenters. The van der Waals surface area contributed by atoms with E-state index in [4.69, 9.17) is 9.47 Å². The molecule has 1 heterocycles. The molecule has 0 aliphatic carbocycles. The van der Waals surface area contributed by atoms with Crippen molar-refractivity contribution < 1.29 is 18.3 Å². The summed E-state index contributed by atoms with van der Waals surface area (Å²) in [6.45, 7) is 0. The predicted molar refractivity (Wildman–Crippen MR) is 55.0 cm³/mol. The van der Waals surface area contributed by atoms with Crippen LogP contribution in [0.15, 0.2) is 6.07 Å². The van der Waals surface area contributed by atoms with Crippen molar-refractivity contribution in [2.75, 3.05) is 14.2 Å². The van der Waals surface area contributed by atoms with Gasteiger partial charge in [0.15, 0.2) is 0 Å². The Labute approximate surface area is 93.6 Å². The summed E-state index contributed by atoms with van der Waals surface area (Å²) in [4.78, 5) is 3.83. The van der Waals surface area contributed by atoms with E-state index in [-0.39, 0.29) is 17.2 Å². The summed E-state index contributed by atoms with van der Waals surface area (Å²) in [6.07, 6.45) is -2.66. The highest BCUT2D eigenvalue weighted by Gasteiger charge is 2.21. The van der Waals surface area contributed by atoms with Crippen LogP contribution >= 0.6 is 22.6 Å². The molecule has 0 aliphatic heterocycles. The highest BCUT2D eigenvalue weighted by molar-refractivity contribution is 14.1. The second-order valence-electron chi connectivity index (χ2n) is 2.37. The molecule has 0 amide bonds. The number of halogens is 3. The third kappa shape index (κ3) is 2.23. The quantitative estimate of drug-likeness (QED) is 0.635. The number of rotatable bonds is 3. The summed E-state index contributed by atoms with van der Waals surface area (Å²) in [5.41, 5.74) is -0.310. The minimum atomic E-state index is -2.66. The van der Waals surface area contributed by atoms with Gasteiger partial charge in [-0.3, -0.25) is 0 Å². The molecule has 0 radical (unpaired) electrons. The first-order chi connectivity index (χ1) is 6.60. The third-order valence-electron chi connectivity index (χ3n) is 1.59. The predicted octanol–water partition coefficient (Wildman–Crippen LogP) is 2.64. The van der Waals surface area contributed by atoms with Crippen LogP contribution in [0.4, 0.5) is 8.78 Å². The summed E-state index contributed by atoms with van der Waals surface area (Å²) in [5, 5.41) is 0. The Hall–Kier alpha value is -0.660. The smallest absolute Gasteiger partial charge is 0.272 e. The number of alkyl halides is 2. The topological polar surface area (TPSA) is 31.4 Å². The molecule has 0 saturated carbocycles. The van der Waals surface area contributed by atoms with Crippen LogP contribution in [-0.2, 0) is 0 Å². The molecule has 0 aromatic carbocycles. The molecular formula is C8H8F2INO2. The van der Waals surface area contributed by atoms with Crippen molar-refractivity contribution in [1.29, 1.82) is 0 Å². The van der Waals surface area contributed by atoms with E-state index in [0.717, 1.165) is 0 Å². The van der Waals surface area contributed by atoms with Crippen LogP contribution in [0, 0.1) is 3.70 Å². The zero-order valence-electron chi connectivity index (χ0n) is 7.55. The van der Waals surface area contributed by atoms with Crippen LogP contribution in [0.3, 0.4) is 0 Å². The van der Waals surface area contributed by atoms with Gasteiger partial charge in [-0.2, -0.15) is 0 Å². The first-order valence-corrected chi connectivity index (χ1v) is 4.74. The summed E-state index contributed by atoms with van der Waals surface area (Å²) >= 11 is 1.90. The van der Waals surface area contributed by atoms with Crippen molar-refractivity contribution in [2.24, 2.45) is 0 Å². The number of pyridine rings is 1. The van der Waals surface area contributed by atoms with Crippen LogP contribution in [0.1, 0.15) is 12.0 Å². The number of ether oxygens (including phenoxy) is 2. The molecule has 0 saturated heterocycles. The van der Waals surface area contributed by atoms with Gasteiger partial charge in [0, 0.05) is 6.07 Å². The molecule has 1 aromatic heterocycles. The lowest BCUT2D eigenvalue weighted by Gasteiger charge is -2.11. The van der Waals surface area contributed by atoms with E-state index in [0.29, 0.717) is 3.70 Å². The number of hydrogen-bond donors (Lipinski definition) is 0. The fraction of sp³-hybridized carbons (Fsp3) is 0.375. The monoisotopic (exact) mass is 315 g/mol. The second kappa shape index (κ2) is 4.72. The molecule has 0 N–H and O–H groups in total. The number of methoxy groups -OCH3 is 2. The van der Waals surface area contributed by atoms with E-state index in [1.165, 1.54) is 20.3 Å². The average Bonchev–Trinajstić information content (AvgIpc) is 2.15. The maximum Gasteiger partial charge on any atom is 0.272 e. The normalized spacial score (nSPS) is 10.4. The minimum Gasteiger partial charge on any atom is -0.496 e. The average molecular weight is 315 g/mol. The summed E-state index contributed by atoms with van der Waals surface area (Å²) < 4.78 is 35.3. The standard InChI is InChI=1S/C8H8F2INO2/c1-13-4-3-5(11)12-8(14-2)6(4)7(9)10/h3,7H,1-2H3. The van der Waals surface area contributed by atoms with Crippen LogP contribution in [0.5, 0.6) is 11.6 Å². The Morgan fingerprint density at radius 1 is 1.36 bits per heavy atom.